The van der Waals surface area contributed by atoms with Gasteiger partial charge in [-0.05, 0) is 31.0 Å². The summed E-state index contributed by atoms with van der Waals surface area (Å²) in [6, 6.07) is 5.31. The Morgan fingerprint density at radius 1 is 1.44 bits per heavy atom. The van der Waals surface area contributed by atoms with E-state index >= 15 is 0 Å². The minimum Gasteiger partial charge on any atom is -0.489 e. The maximum Gasteiger partial charge on any atom is 0.138 e. The number of benzene rings is 1. The normalized spacial score (nSPS) is 14.3. The van der Waals surface area contributed by atoms with E-state index in [9.17, 15) is 5.11 Å². The number of ether oxygens (including phenoxy) is 1. The summed E-state index contributed by atoms with van der Waals surface area (Å²) in [5.41, 5.74) is 6.94. The van der Waals surface area contributed by atoms with E-state index in [-0.39, 0.29) is 12.6 Å². The predicted molar refractivity (Wildman–Crippen MR) is 75.2 cm³/mol. The van der Waals surface area contributed by atoms with E-state index in [1.165, 1.54) is 0 Å². The molecule has 0 spiro atoms. The summed E-state index contributed by atoms with van der Waals surface area (Å²) >= 11 is 6.00. The second kappa shape index (κ2) is 7.62. The molecule has 0 saturated carbocycles. The zero-order chi connectivity index (χ0) is 13.5. The molecule has 0 aliphatic carbocycles. The highest BCUT2D eigenvalue weighted by atomic mass is 35.5. The van der Waals surface area contributed by atoms with Crippen molar-refractivity contribution >= 4 is 11.6 Å². The van der Waals surface area contributed by atoms with Gasteiger partial charge in [-0.1, -0.05) is 37.4 Å². The Hall–Kier alpha value is -0.770. The van der Waals surface area contributed by atoms with Crippen LogP contribution in [0.25, 0.3) is 0 Å². The molecule has 0 aromatic heterocycles. The topological polar surface area (TPSA) is 55.5 Å². The minimum atomic E-state index is -0.659. The Morgan fingerprint density at radius 2 is 2.17 bits per heavy atom. The van der Waals surface area contributed by atoms with Crippen LogP contribution in [-0.4, -0.2) is 23.9 Å². The van der Waals surface area contributed by atoms with Crippen molar-refractivity contribution < 1.29 is 9.84 Å². The highest BCUT2D eigenvalue weighted by Crippen LogP contribution is 2.25. The highest BCUT2D eigenvalue weighted by molar-refractivity contribution is 6.32. The third-order valence-corrected chi connectivity index (χ3v) is 3.19. The summed E-state index contributed by atoms with van der Waals surface area (Å²) in [4.78, 5) is 0. The van der Waals surface area contributed by atoms with Crippen LogP contribution in [0.5, 0.6) is 5.75 Å². The Labute approximate surface area is 114 Å². The molecule has 0 heterocycles. The Morgan fingerprint density at radius 3 is 2.83 bits per heavy atom. The monoisotopic (exact) mass is 271 g/mol. The highest BCUT2D eigenvalue weighted by Gasteiger charge is 2.15. The Balaban J connectivity index is 2.46. The molecule has 0 radical (unpaired) electrons. The lowest BCUT2D eigenvalue weighted by Gasteiger charge is -2.19. The number of hydrogen-bond acceptors (Lipinski definition) is 3. The van der Waals surface area contributed by atoms with Crippen molar-refractivity contribution in [2.45, 2.75) is 45.3 Å². The number of aliphatic hydroxyl groups excluding tert-OH is 1. The number of hydrogen-bond donors (Lipinski definition) is 2. The van der Waals surface area contributed by atoms with Crippen molar-refractivity contribution in [3.63, 3.8) is 0 Å². The summed E-state index contributed by atoms with van der Waals surface area (Å²) < 4.78 is 5.52. The standard InChI is InChI=1S/C14H22ClNO2/c1-3-4-5-12(16)13(17)9-18-14-8-10(2)6-7-11(14)15/h6-8,12-13,17H,3-5,9,16H2,1-2H3. The molecule has 0 fully saturated rings. The van der Waals surface area contributed by atoms with Crippen LogP contribution in [0.3, 0.4) is 0 Å². The summed E-state index contributed by atoms with van der Waals surface area (Å²) in [7, 11) is 0. The van der Waals surface area contributed by atoms with Crippen LogP contribution in [-0.2, 0) is 0 Å². The van der Waals surface area contributed by atoms with Gasteiger partial charge in [0.05, 0.1) is 5.02 Å². The molecule has 1 rings (SSSR count). The van der Waals surface area contributed by atoms with E-state index in [2.05, 4.69) is 6.92 Å². The lowest BCUT2D eigenvalue weighted by Crippen LogP contribution is -2.38. The van der Waals surface area contributed by atoms with Gasteiger partial charge in [0.25, 0.3) is 0 Å². The van der Waals surface area contributed by atoms with Gasteiger partial charge in [-0.25, -0.2) is 0 Å². The second-order valence-corrected chi connectivity index (χ2v) is 5.03. The fourth-order valence-electron chi connectivity index (χ4n) is 1.65. The van der Waals surface area contributed by atoms with E-state index < -0.39 is 6.10 Å². The SMILES string of the molecule is CCCCC(N)C(O)COc1cc(C)ccc1Cl. The molecule has 1 aromatic carbocycles. The van der Waals surface area contributed by atoms with E-state index in [0.29, 0.717) is 10.8 Å². The molecule has 0 aliphatic rings. The Kier molecular flexibility index (Phi) is 6.47. The van der Waals surface area contributed by atoms with Gasteiger partial charge >= 0.3 is 0 Å². The van der Waals surface area contributed by atoms with Gasteiger partial charge in [-0.2, -0.15) is 0 Å². The van der Waals surface area contributed by atoms with Crippen molar-refractivity contribution in [1.29, 1.82) is 0 Å². The fraction of sp³-hybridized carbons (Fsp3) is 0.571. The van der Waals surface area contributed by atoms with Crippen LogP contribution in [0.4, 0.5) is 0 Å². The van der Waals surface area contributed by atoms with Gasteiger partial charge in [0.15, 0.2) is 0 Å². The minimum absolute atomic E-state index is 0.175. The number of halogens is 1. The fourth-order valence-corrected chi connectivity index (χ4v) is 1.82. The van der Waals surface area contributed by atoms with Crippen molar-refractivity contribution in [2.24, 2.45) is 5.73 Å². The molecule has 0 saturated heterocycles. The lowest BCUT2D eigenvalue weighted by molar-refractivity contribution is 0.0819. The summed E-state index contributed by atoms with van der Waals surface area (Å²) in [6.07, 6.45) is 2.24. The molecule has 18 heavy (non-hydrogen) atoms. The molecular weight excluding hydrogens is 250 g/mol. The lowest BCUT2D eigenvalue weighted by atomic mass is 10.1. The quantitative estimate of drug-likeness (QED) is 0.802. The van der Waals surface area contributed by atoms with Crippen LogP contribution in [0.15, 0.2) is 18.2 Å². The number of aliphatic hydroxyl groups is 1. The second-order valence-electron chi connectivity index (χ2n) is 4.62. The smallest absolute Gasteiger partial charge is 0.138 e. The zero-order valence-corrected chi connectivity index (χ0v) is 11.8. The van der Waals surface area contributed by atoms with Gasteiger partial charge in [-0.3, -0.25) is 0 Å². The average molecular weight is 272 g/mol. The maximum absolute atomic E-state index is 9.87. The molecule has 0 bridgehead atoms. The van der Waals surface area contributed by atoms with E-state index in [4.69, 9.17) is 22.1 Å². The van der Waals surface area contributed by atoms with Crippen LogP contribution in [0, 0.1) is 6.92 Å². The first-order chi connectivity index (χ1) is 8.54. The summed E-state index contributed by atoms with van der Waals surface area (Å²) in [6.45, 7) is 4.24. The molecule has 3 nitrogen and oxygen atoms in total. The summed E-state index contributed by atoms with van der Waals surface area (Å²) in [5.74, 6) is 0.596. The van der Waals surface area contributed by atoms with Gasteiger partial charge < -0.3 is 15.6 Å². The number of nitrogens with two attached hydrogens (primary N) is 1. The first-order valence-electron chi connectivity index (χ1n) is 6.37. The maximum atomic E-state index is 9.87. The van der Waals surface area contributed by atoms with Crippen molar-refractivity contribution in [1.82, 2.24) is 0 Å². The van der Waals surface area contributed by atoms with Crippen LogP contribution < -0.4 is 10.5 Å². The number of aryl methyl sites for hydroxylation is 1. The van der Waals surface area contributed by atoms with Crippen LogP contribution in [0.2, 0.25) is 5.02 Å². The van der Waals surface area contributed by atoms with Gasteiger partial charge in [0, 0.05) is 6.04 Å². The largest absolute Gasteiger partial charge is 0.489 e. The van der Waals surface area contributed by atoms with Crippen molar-refractivity contribution in [3.8, 4) is 5.75 Å². The summed E-state index contributed by atoms with van der Waals surface area (Å²) in [5, 5.41) is 10.4. The zero-order valence-electron chi connectivity index (χ0n) is 11.0. The molecule has 2 atom stereocenters. The van der Waals surface area contributed by atoms with E-state index in [0.717, 1.165) is 24.8 Å². The average Bonchev–Trinajstić information content (AvgIpc) is 2.36. The first-order valence-corrected chi connectivity index (χ1v) is 6.75. The predicted octanol–water partition coefficient (Wildman–Crippen LogP) is 2.91. The van der Waals surface area contributed by atoms with Gasteiger partial charge in [0.2, 0.25) is 0 Å². The molecule has 102 valence electrons. The molecule has 0 amide bonds. The number of unbranched alkanes of at least 4 members (excludes halogenated alkanes) is 1. The third kappa shape index (κ3) is 4.84. The molecule has 1 aromatic rings. The van der Waals surface area contributed by atoms with E-state index in [1.807, 2.05) is 19.1 Å². The first kappa shape index (κ1) is 15.3. The molecule has 3 N–H and O–H groups in total. The van der Waals surface area contributed by atoms with Crippen LogP contribution in [0.1, 0.15) is 31.7 Å². The molecular formula is C14H22ClNO2. The number of rotatable bonds is 7. The third-order valence-electron chi connectivity index (χ3n) is 2.88. The van der Waals surface area contributed by atoms with E-state index in [1.54, 1.807) is 6.07 Å². The van der Waals surface area contributed by atoms with Gasteiger partial charge in [0.1, 0.15) is 18.5 Å². The molecule has 4 heteroatoms. The van der Waals surface area contributed by atoms with Gasteiger partial charge in [-0.15, -0.1) is 0 Å². The van der Waals surface area contributed by atoms with Crippen LogP contribution >= 0.6 is 11.6 Å². The Bertz CT molecular complexity index is 371. The van der Waals surface area contributed by atoms with Crippen molar-refractivity contribution in [3.05, 3.63) is 28.8 Å². The van der Waals surface area contributed by atoms with Crippen molar-refractivity contribution in [2.75, 3.05) is 6.61 Å². The molecule has 2 unspecified atom stereocenters. The molecule has 0 aliphatic heterocycles.